The van der Waals surface area contributed by atoms with Crippen LogP contribution in [0.5, 0.6) is 0 Å². The predicted octanol–water partition coefficient (Wildman–Crippen LogP) is 4.88. The number of benzene rings is 2. The molecular weight excluding hydrogens is 367 g/mol. The average Bonchev–Trinajstić information content (AvgIpc) is 3.01. The quantitative estimate of drug-likeness (QED) is 0.686. The summed E-state index contributed by atoms with van der Waals surface area (Å²) in [5.41, 5.74) is 0.113. The standard InChI is InChI=1S/C21H20F3N3O/c1-3-26(4-2)16-12-10-15(11-13-16)14-18-19(21(22,23)24)25-27(20(18)28)17-8-6-5-7-9-17/h5-14H,3-4H2,1-2H3/b18-14-. The van der Waals surface area contributed by atoms with Gasteiger partial charge in [-0.05, 0) is 49.8 Å². The predicted molar refractivity (Wildman–Crippen MR) is 105 cm³/mol. The number of halogens is 3. The molecular formula is C21H20F3N3O. The number of anilines is 2. The van der Waals surface area contributed by atoms with E-state index in [2.05, 4.69) is 10.0 Å². The minimum atomic E-state index is -4.73. The minimum absolute atomic E-state index is 0.287. The van der Waals surface area contributed by atoms with Gasteiger partial charge in [0.2, 0.25) is 0 Å². The van der Waals surface area contributed by atoms with Gasteiger partial charge in [0.1, 0.15) is 0 Å². The summed E-state index contributed by atoms with van der Waals surface area (Å²) >= 11 is 0. The number of carbonyl (C=O) groups is 1. The Morgan fingerprint density at radius 3 is 2.14 bits per heavy atom. The van der Waals surface area contributed by atoms with Gasteiger partial charge in [-0.1, -0.05) is 30.3 Å². The number of nitrogens with zero attached hydrogens (tertiary/aromatic N) is 3. The van der Waals surface area contributed by atoms with Gasteiger partial charge >= 0.3 is 6.18 Å². The number of hydrogen-bond acceptors (Lipinski definition) is 3. The molecule has 146 valence electrons. The molecule has 7 heteroatoms. The van der Waals surface area contributed by atoms with Crippen molar-refractivity contribution < 1.29 is 18.0 Å². The van der Waals surface area contributed by atoms with Gasteiger partial charge in [0.05, 0.1) is 11.3 Å². The molecule has 4 nitrogen and oxygen atoms in total. The summed E-state index contributed by atoms with van der Waals surface area (Å²) in [6.07, 6.45) is -3.49. The Kier molecular flexibility index (Phi) is 5.53. The van der Waals surface area contributed by atoms with Gasteiger partial charge in [-0.15, -0.1) is 0 Å². The molecule has 0 aromatic heterocycles. The molecule has 0 spiro atoms. The smallest absolute Gasteiger partial charge is 0.372 e. The molecule has 0 radical (unpaired) electrons. The third-order valence-corrected chi connectivity index (χ3v) is 4.48. The summed E-state index contributed by atoms with van der Waals surface area (Å²) in [5.74, 6) is -0.800. The molecule has 1 aliphatic rings. The first-order valence-electron chi connectivity index (χ1n) is 8.97. The van der Waals surface area contributed by atoms with Crippen LogP contribution in [0.2, 0.25) is 0 Å². The molecule has 1 heterocycles. The van der Waals surface area contributed by atoms with Crippen LogP contribution in [0.4, 0.5) is 24.5 Å². The van der Waals surface area contributed by atoms with Gasteiger partial charge < -0.3 is 4.90 Å². The van der Waals surface area contributed by atoms with E-state index in [-0.39, 0.29) is 5.69 Å². The highest BCUT2D eigenvalue weighted by Crippen LogP contribution is 2.32. The first kappa shape index (κ1) is 19.7. The topological polar surface area (TPSA) is 35.9 Å². The SMILES string of the molecule is CCN(CC)c1ccc(/C=C2\C(=O)N(c3ccccc3)N=C2C(F)(F)F)cc1. The van der Waals surface area contributed by atoms with E-state index in [1.54, 1.807) is 30.3 Å². The van der Waals surface area contributed by atoms with Crippen LogP contribution in [0.3, 0.4) is 0 Å². The number of hydrazone groups is 1. The fourth-order valence-corrected chi connectivity index (χ4v) is 3.04. The lowest BCUT2D eigenvalue weighted by Gasteiger charge is -2.20. The summed E-state index contributed by atoms with van der Waals surface area (Å²) in [7, 11) is 0. The molecule has 2 aromatic rings. The van der Waals surface area contributed by atoms with Gasteiger partial charge in [-0.2, -0.15) is 23.3 Å². The van der Waals surface area contributed by atoms with Crippen molar-refractivity contribution in [1.82, 2.24) is 0 Å². The molecule has 0 atom stereocenters. The molecule has 3 rings (SSSR count). The Balaban J connectivity index is 1.97. The summed E-state index contributed by atoms with van der Waals surface area (Å²) in [4.78, 5) is 14.8. The lowest BCUT2D eigenvalue weighted by molar-refractivity contribution is -0.114. The summed E-state index contributed by atoms with van der Waals surface area (Å²) in [6.45, 7) is 5.71. The van der Waals surface area contributed by atoms with Crippen LogP contribution in [0.1, 0.15) is 19.4 Å². The van der Waals surface area contributed by atoms with Gasteiger partial charge in [0.25, 0.3) is 5.91 Å². The van der Waals surface area contributed by atoms with Crippen LogP contribution >= 0.6 is 0 Å². The third kappa shape index (κ3) is 3.93. The highest BCUT2D eigenvalue weighted by atomic mass is 19.4. The van der Waals surface area contributed by atoms with Crippen molar-refractivity contribution >= 4 is 29.1 Å². The van der Waals surface area contributed by atoms with E-state index in [0.29, 0.717) is 5.56 Å². The van der Waals surface area contributed by atoms with Gasteiger partial charge in [0, 0.05) is 18.8 Å². The van der Waals surface area contributed by atoms with E-state index in [1.165, 1.54) is 18.2 Å². The minimum Gasteiger partial charge on any atom is -0.372 e. The molecule has 1 amide bonds. The molecule has 0 saturated heterocycles. The van der Waals surface area contributed by atoms with Crippen molar-refractivity contribution in [3.8, 4) is 0 Å². The van der Waals surface area contributed by atoms with E-state index >= 15 is 0 Å². The van der Waals surface area contributed by atoms with E-state index in [1.807, 2.05) is 26.0 Å². The van der Waals surface area contributed by atoms with Crippen LogP contribution in [-0.4, -0.2) is 30.9 Å². The van der Waals surface area contributed by atoms with Gasteiger partial charge in [0.15, 0.2) is 5.71 Å². The molecule has 0 aliphatic carbocycles. The van der Waals surface area contributed by atoms with Crippen LogP contribution in [0, 0.1) is 0 Å². The van der Waals surface area contributed by atoms with Crippen LogP contribution in [0.25, 0.3) is 6.08 Å². The van der Waals surface area contributed by atoms with Crippen molar-refractivity contribution in [2.24, 2.45) is 5.10 Å². The van der Waals surface area contributed by atoms with Gasteiger partial charge in [-0.25, -0.2) is 0 Å². The zero-order chi connectivity index (χ0) is 20.3. The third-order valence-electron chi connectivity index (χ3n) is 4.48. The molecule has 1 aliphatic heterocycles. The van der Waals surface area contributed by atoms with Crippen molar-refractivity contribution in [3.63, 3.8) is 0 Å². The lowest BCUT2D eigenvalue weighted by Crippen LogP contribution is -2.25. The normalized spacial score (nSPS) is 15.9. The number of rotatable bonds is 5. The Morgan fingerprint density at radius 1 is 1.00 bits per heavy atom. The van der Waals surface area contributed by atoms with E-state index < -0.39 is 23.4 Å². The number of carbonyl (C=O) groups excluding carboxylic acids is 1. The maximum atomic E-state index is 13.5. The Morgan fingerprint density at radius 2 is 1.61 bits per heavy atom. The summed E-state index contributed by atoms with van der Waals surface area (Å²) in [6, 6.07) is 15.1. The maximum Gasteiger partial charge on any atom is 0.435 e. The molecule has 0 N–H and O–H groups in total. The number of para-hydroxylation sites is 1. The Hall–Kier alpha value is -3.09. The first-order valence-corrected chi connectivity index (χ1v) is 8.97. The first-order chi connectivity index (χ1) is 13.3. The van der Waals surface area contributed by atoms with Crippen molar-refractivity contribution in [2.75, 3.05) is 23.0 Å². The molecule has 2 aromatic carbocycles. The fourth-order valence-electron chi connectivity index (χ4n) is 3.04. The van der Waals surface area contributed by atoms with E-state index in [0.717, 1.165) is 23.8 Å². The summed E-state index contributed by atoms with van der Waals surface area (Å²) in [5, 5.41) is 4.35. The highest BCUT2D eigenvalue weighted by molar-refractivity contribution is 6.34. The molecule has 0 saturated carbocycles. The van der Waals surface area contributed by atoms with Crippen LogP contribution < -0.4 is 9.91 Å². The Labute approximate surface area is 161 Å². The molecule has 0 bridgehead atoms. The lowest BCUT2D eigenvalue weighted by atomic mass is 10.1. The van der Waals surface area contributed by atoms with Crippen molar-refractivity contribution in [1.29, 1.82) is 0 Å². The molecule has 0 fully saturated rings. The van der Waals surface area contributed by atoms with E-state index in [9.17, 15) is 18.0 Å². The second-order valence-corrected chi connectivity index (χ2v) is 6.22. The monoisotopic (exact) mass is 387 g/mol. The van der Waals surface area contributed by atoms with Crippen molar-refractivity contribution in [2.45, 2.75) is 20.0 Å². The zero-order valence-electron chi connectivity index (χ0n) is 15.6. The van der Waals surface area contributed by atoms with Crippen LogP contribution in [-0.2, 0) is 4.79 Å². The zero-order valence-corrected chi connectivity index (χ0v) is 15.6. The maximum absolute atomic E-state index is 13.5. The van der Waals surface area contributed by atoms with Gasteiger partial charge in [-0.3, -0.25) is 4.79 Å². The molecule has 0 unspecified atom stereocenters. The van der Waals surface area contributed by atoms with Crippen molar-refractivity contribution in [3.05, 3.63) is 65.7 Å². The second kappa shape index (κ2) is 7.88. The highest BCUT2D eigenvalue weighted by Gasteiger charge is 2.46. The molecule has 28 heavy (non-hydrogen) atoms. The average molecular weight is 387 g/mol. The number of amides is 1. The summed E-state index contributed by atoms with van der Waals surface area (Å²) < 4.78 is 40.4. The van der Waals surface area contributed by atoms with E-state index in [4.69, 9.17) is 0 Å². The second-order valence-electron chi connectivity index (χ2n) is 6.22. The largest absolute Gasteiger partial charge is 0.435 e. The number of hydrogen-bond donors (Lipinski definition) is 0. The fraction of sp³-hybridized carbons (Fsp3) is 0.238. The Bertz CT molecular complexity index is 899. The van der Waals surface area contributed by atoms with Crippen LogP contribution in [0.15, 0.2) is 65.3 Å². The number of alkyl halides is 3.